The molecule has 9 heterocycles. The van der Waals surface area contributed by atoms with E-state index in [0.717, 1.165) is 111 Å². The number of ketones is 4. The zero-order valence-electron chi connectivity index (χ0n) is 90.6. The van der Waals surface area contributed by atoms with Crippen molar-refractivity contribution in [2.75, 3.05) is 93.9 Å². The topological polar surface area (TPSA) is 618 Å². The molecule has 0 aliphatic carbocycles. The van der Waals surface area contributed by atoms with Gasteiger partial charge in [-0.25, -0.2) is 45.7 Å². The Bertz CT molecular complexity index is 6000. The molecular weight excluding hydrogens is 2300 g/mol. The van der Waals surface area contributed by atoms with Crippen molar-refractivity contribution in [3.05, 3.63) is 76.0 Å². The van der Waals surface area contributed by atoms with Crippen LogP contribution in [0, 0.1) is 62.0 Å². The monoisotopic (exact) mass is 2450 g/mol. The van der Waals surface area contributed by atoms with E-state index in [2.05, 4.69) is 57.4 Å². The van der Waals surface area contributed by atoms with Crippen LogP contribution in [0.25, 0.3) is 45.7 Å². The van der Waals surface area contributed by atoms with E-state index in [1.165, 1.54) is 80.0 Å². The number of ether oxygens (including phenoxy) is 10. The van der Waals surface area contributed by atoms with Crippen LogP contribution < -0.4 is 77.5 Å². The van der Waals surface area contributed by atoms with Gasteiger partial charge in [0, 0.05) is 77.3 Å². The predicted molar refractivity (Wildman–Crippen MR) is 581 cm³/mol. The Labute approximate surface area is 937 Å². The summed E-state index contributed by atoms with van der Waals surface area (Å²) in [4.78, 5) is 194. The molecular formula is C99H146Cl2N11NaO31PbS5. The number of nitrogens with two attached hydrogens (primary N) is 5. The average molecular weight is 2450 g/mol. The van der Waals surface area contributed by atoms with E-state index < -0.39 is 128 Å². The zero-order valence-corrected chi connectivity index (χ0v) is 102. The van der Waals surface area contributed by atoms with Gasteiger partial charge in [0.2, 0.25) is 6.10 Å². The quantitative estimate of drug-likeness (QED) is 0.00659. The van der Waals surface area contributed by atoms with E-state index in [-0.39, 0.29) is 98.1 Å². The Morgan fingerprint density at radius 1 is 0.473 bits per heavy atom. The number of pyridine rings is 4. The van der Waals surface area contributed by atoms with E-state index in [1.54, 1.807) is 96.9 Å². The number of nitrogen functional groups attached to an aromatic ring is 4. The van der Waals surface area contributed by atoms with Crippen LogP contribution in [0.5, 0.6) is 23.0 Å². The van der Waals surface area contributed by atoms with Gasteiger partial charge in [0.15, 0.2) is 22.3 Å². The van der Waals surface area contributed by atoms with Crippen LogP contribution in [-0.2, 0) is 96.6 Å². The summed E-state index contributed by atoms with van der Waals surface area (Å²) >= 11 is 14.7. The Balaban J connectivity index is -0.000000821. The van der Waals surface area contributed by atoms with Crippen molar-refractivity contribution in [2.24, 2.45) is 5.73 Å². The maximum Gasteiger partial charge on any atom is 1.00 e. The minimum atomic E-state index is -5.43. The van der Waals surface area contributed by atoms with E-state index in [1.807, 2.05) is 69.2 Å². The summed E-state index contributed by atoms with van der Waals surface area (Å²) in [6.07, 6.45) is -1.13. The van der Waals surface area contributed by atoms with Gasteiger partial charge in [-0.2, -0.15) is 0 Å². The number of esters is 7. The summed E-state index contributed by atoms with van der Waals surface area (Å²) in [7, 11) is 0. The number of Topliss-reactive ketones (excluding diaryl/α,β-unsaturated/α-hetero) is 4. The number of alkyl halides is 2. The summed E-state index contributed by atoms with van der Waals surface area (Å²) in [5, 5.41) is 21.6. The number of rotatable bonds is 23. The van der Waals surface area contributed by atoms with Crippen LogP contribution in [0.3, 0.4) is 0 Å². The number of hydrogen-bond acceptors (Lipinski definition) is 45. The SMILES string of the molecule is C.C.CC(=O)CC(C)=O.CC(=O)OC(C(C)=O)C(C)=O.CC(=O)Oc1c(C)nc2sc(C(=O)OC(C)(C)C)c(N)c2c1C.CC(=O)[O][Pb]([O]C(C)=O)([O]C(C)=O)[O]C(C)=O.CC(C)(C)OC(=O)CCl.CC[O-].Cc1nc2sc(C(=O)OC(C)(C)C)c(N)c2c(C)c1O.Cc1nc2sc(C(=O)OC(C)(C)C)c(N)c2c(C)c1OCCCl.Cc1nc2sc(C(=O)OC(C)(C)C)c(N)c2c(C)c1OCCN1CCOCC1.[C-]#[N+]CC(N)=S.[Na+]. The van der Waals surface area contributed by atoms with Gasteiger partial charge in [0.25, 0.3) is 6.54 Å². The second-order valence-electron chi connectivity index (χ2n) is 36.6. The number of aromatic nitrogens is 4. The number of carbonyl (C=O) groups excluding carboxylic acids is 15. The molecule has 1 saturated heterocycles. The first kappa shape index (κ1) is 146. The maximum absolute atomic E-state index is 12.5. The number of hydrogen-bond donors (Lipinski definition) is 6. The molecule has 0 unspecified atom stereocenters. The van der Waals surface area contributed by atoms with Crippen molar-refractivity contribution in [1.29, 1.82) is 0 Å². The number of nitrogens with zero attached hydrogens (tertiary/aromatic N) is 6. The number of halogens is 2. The van der Waals surface area contributed by atoms with Crippen LogP contribution in [0.4, 0.5) is 22.7 Å². The van der Waals surface area contributed by atoms with E-state index in [4.69, 9.17) is 106 Å². The first-order chi connectivity index (χ1) is 67.3. The maximum atomic E-state index is 12.5. The number of thiophene rings is 4. The molecule has 11 N–H and O–H groups in total. The fourth-order valence-corrected chi connectivity index (χ4v) is 22.9. The largest absolute Gasteiger partial charge is 1.00 e. The molecule has 9 rings (SSSR count). The molecule has 8 aromatic heterocycles. The molecule has 0 saturated carbocycles. The Morgan fingerprint density at radius 2 is 0.753 bits per heavy atom. The minimum Gasteiger partial charge on any atom is -0.855 e. The van der Waals surface area contributed by atoms with Gasteiger partial charge in [0.1, 0.15) is 115 Å². The molecule has 0 amide bonds. The fraction of sp³-hybridized carbons (Fsp3) is 0.545. The van der Waals surface area contributed by atoms with Gasteiger partial charge in [-0.1, -0.05) is 34.0 Å². The average Bonchev–Trinajstić information content (AvgIpc) is 1.63. The van der Waals surface area contributed by atoms with Gasteiger partial charge in [-0.05, 0) is 187 Å². The van der Waals surface area contributed by atoms with Crippen LogP contribution >= 0.6 is 80.8 Å². The molecule has 832 valence electrons. The predicted octanol–water partition coefficient (Wildman–Crippen LogP) is 13.5. The van der Waals surface area contributed by atoms with Crippen molar-refractivity contribution in [3.63, 3.8) is 0 Å². The molecule has 0 atom stereocenters. The number of carbonyl (C=O) groups is 15. The van der Waals surface area contributed by atoms with Crippen LogP contribution in [0.15, 0.2) is 0 Å². The van der Waals surface area contributed by atoms with Crippen molar-refractivity contribution < 1.29 is 170 Å². The zero-order chi connectivity index (χ0) is 114. The molecule has 51 heteroatoms. The van der Waals surface area contributed by atoms with Crippen LogP contribution in [0.1, 0.15) is 285 Å². The standard InChI is InChI=1S/C20H29N3O4S.C16H21ClN2O3S.C16H20N2O4S.C14H18N2O3S.C7H10O4.C6H11ClO2.C5H8O2.C3H4N2S.4C2H4O2.C2H5O.2CH4.Na.Pb/c1-12-14-15(21)17(19(24)27-20(3,4)5)28-18(14)22-13(2)16(12)26-11-8-23-6-9-25-10-7-23;1-8-10-11(18)13(15(20)22-16(3,4)5)23-14(10)19-9(2)12(8)21-7-6-17;1-7-10-11(17)13(15(20)22-16(4,5)6)23-14(10)18-8(2)12(7)21-9(3)19;1-6-8-9(15)11(13(18)19-14(3,4)5)20-12(8)16-7(2)10(6)17;1-4(8)7(5(2)9)11-6(3)10;1-6(2,3)9-5(8)4-7;1-4(6)3-5(2)7;1-5-2-3(4)6;4*1-2(3)4;1-2-3;;;;/h6-11,21H2,1-5H3;6-7,18H2,1-5H3;17H2,1-6H3;17H,15H2,1-5H3;7H,1-3H3;4H2,1-3H3;3H2,1-2H3;2H2,(H2,4,6);4*1H3,(H,3,4);2H2,1H3;2*1H4;;/q;;;;;;;;;;;;-1;;;+1;+4/p-4. The Hall–Kier alpha value is -10.3. The second-order valence-corrected chi connectivity index (χ2v) is 48.9. The smallest absolute Gasteiger partial charge is 0.855 e. The van der Waals surface area contributed by atoms with Gasteiger partial charge in [-0.3, -0.25) is 38.5 Å². The molecule has 42 nitrogen and oxygen atoms in total. The normalized spacial score (nSPS) is 11.4. The third-order valence-electron chi connectivity index (χ3n) is 17.0. The Morgan fingerprint density at radius 3 is 0.973 bits per heavy atom. The summed E-state index contributed by atoms with van der Waals surface area (Å²) in [6, 6.07) is 0. The van der Waals surface area contributed by atoms with Gasteiger partial charge in [-0.15, -0.1) is 75.2 Å². The van der Waals surface area contributed by atoms with Gasteiger partial charge < -0.3 is 91.1 Å². The number of fused-ring (bicyclic) bond motifs is 4. The molecule has 0 radical (unpaired) electrons. The van der Waals surface area contributed by atoms with Gasteiger partial charge in [0.05, 0.1) is 71.0 Å². The summed E-state index contributed by atoms with van der Waals surface area (Å²) in [6.45, 7) is 66.6. The molecule has 150 heavy (non-hydrogen) atoms. The number of aryl methyl sites for hydroxylation is 8. The first-order valence-corrected chi connectivity index (χ1v) is 56.0. The first-order valence-electron chi connectivity index (χ1n) is 45.0. The van der Waals surface area contributed by atoms with Crippen LogP contribution in [-0.4, -0.2) is 252 Å². The van der Waals surface area contributed by atoms with Crippen molar-refractivity contribution in [1.82, 2.24) is 24.8 Å². The van der Waals surface area contributed by atoms with E-state index in [0.29, 0.717) is 121 Å². The minimum absolute atomic E-state index is 0. The van der Waals surface area contributed by atoms with Gasteiger partial charge >= 0.3 is 176 Å². The Kier molecular flexibility index (Phi) is 64.8. The molecule has 0 spiro atoms. The number of anilines is 4. The summed E-state index contributed by atoms with van der Waals surface area (Å²) in [5.74, 6) is -5.56. The van der Waals surface area contributed by atoms with E-state index >= 15 is 0 Å². The second kappa shape index (κ2) is 66.6. The molecule has 0 bridgehead atoms. The molecule has 1 aliphatic heterocycles. The fourth-order valence-electron chi connectivity index (χ4n) is 12.0. The van der Waals surface area contributed by atoms with Crippen molar-refractivity contribution in [3.8, 4) is 23.0 Å². The number of morpholine rings is 1. The van der Waals surface area contributed by atoms with Crippen LogP contribution in [0.2, 0.25) is 0 Å². The molecule has 0 aromatic carbocycles. The number of aromatic hydroxyl groups is 1. The third kappa shape index (κ3) is 52.3. The number of thiocarbonyl (C=S) groups is 1. The molecule has 1 aliphatic rings. The van der Waals surface area contributed by atoms with Crippen molar-refractivity contribution in [2.45, 2.75) is 291 Å². The molecule has 8 aromatic rings. The summed E-state index contributed by atoms with van der Waals surface area (Å²) < 4.78 is 71.7. The van der Waals surface area contributed by atoms with Crippen molar-refractivity contribution >= 4 is 261 Å². The summed E-state index contributed by atoms with van der Waals surface area (Å²) in [5.41, 5.74) is 34.0. The van der Waals surface area contributed by atoms with E-state index in [9.17, 15) is 77.0 Å². The molecule has 1 fully saturated rings. The third-order valence-corrected chi connectivity index (χ3v) is 30.2.